The molecule has 3 atom stereocenters. The lowest BCUT2D eigenvalue weighted by Crippen LogP contribution is -2.69. The molecule has 8 nitrogen and oxygen atoms in total. The van der Waals surface area contributed by atoms with E-state index in [0.29, 0.717) is 12.7 Å². The summed E-state index contributed by atoms with van der Waals surface area (Å²) in [7, 11) is -6.08. The van der Waals surface area contributed by atoms with Crippen LogP contribution in [0.3, 0.4) is 0 Å². The van der Waals surface area contributed by atoms with Crippen molar-refractivity contribution in [2.45, 2.75) is 76.5 Å². The van der Waals surface area contributed by atoms with Gasteiger partial charge in [0.05, 0.1) is 18.3 Å². The van der Waals surface area contributed by atoms with E-state index in [4.69, 9.17) is 13.6 Å². The molecule has 0 spiro atoms. The van der Waals surface area contributed by atoms with Gasteiger partial charge >= 0.3 is 5.69 Å². The summed E-state index contributed by atoms with van der Waals surface area (Å²) >= 11 is 0. The third-order valence-electron chi connectivity index (χ3n) is 10.2. The van der Waals surface area contributed by atoms with Gasteiger partial charge in [0.1, 0.15) is 12.3 Å². The van der Waals surface area contributed by atoms with Gasteiger partial charge in [0.15, 0.2) is 6.29 Å². The highest BCUT2D eigenvalue weighted by atomic mass is 28.4. The molecular weight excluding hydrogens is 685 g/mol. The maximum atomic E-state index is 13.3. The van der Waals surface area contributed by atoms with Gasteiger partial charge in [-0.25, -0.2) is 4.79 Å². The van der Waals surface area contributed by atoms with Crippen LogP contribution in [0.15, 0.2) is 137 Å². The van der Waals surface area contributed by atoms with E-state index >= 15 is 0 Å². The van der Waals surface area contributed by atoms with Crippen LogP contribution in [0.4, 0.5) is 0 Å². The number of aromatic amines is 1. The molecule has 4 aromatic carbocycles. The Morgan fingerprint density at radius 1 is 0.712 bits per heavy atom. The van der Waals surface area contributed by atoms with Crippen LogP contribution in [0.5, 0.6) is 0 Å². The van der Waals surface area contributed by atoms with E-state index < -0.39 is 46.3 Å². The van der Waals surface area contributed by atoms with Gasteiger partial charge in [-0.1, -0.05) is 163 Å². The lowest BCUT2D eigenvalue weighted by atomic mass is 10.2. The van der Waals surface area contributed by atoms with Crippen LogP contribution in [0, 0.1) is 0 Å². The second-order valence-corrected chi connectivity index (χ2v) is 24.1. The summed E-state index contributed by atoms with van der Waals surface area (Å²) in [6, 6.07) is 41.7. The first-order valence-electron chi connectivity index (χ1n) is 17.8. The summed E-state index contributed by atoms with van der Waals surface area (Å²) in [5, 5.41) is 3.91. The molecule has 1 aromatic heterocycles. The van der Waals surface area contributed by atoms with Crippen molar-refractivity contribution in [3.63, 3.8) is 0 Å². The highest BCUT2D eigenvalue weighted by Crippen LogP contribution is 2.42. The minimum atomic E-state index is -3.09. The Morgan fingerprint density at radius 2 is 1.13 bits per heavy atom. The van der Waals surface area contributed by atoms with Crippen LogP contribution in [0.1, 0.15) is 64.5 Å². The van der Waals surface area contributed by atoms with Crippen molar-refractivity contribution < 1.29 is 18.4 Å². The molecule has 0 aliphatic carbocycles. The third-order valence-corrected chi connectivity index (χ3v) is 20.3. The van der Waals surface area contributed by atoms with E-state index in [1.54, 1.807) is 0 Å². The Labute approximate surface area is 307 Å². The zero-order valence-electron chi connectivity index (χ0n) is 30.7. The van der Waals surface area contributed by atoms with Crippen LogP contribution >= 0.6 is 0 Å². The van der Waals surface area contributed by atoms with E-state index in [1.165, 1.54) is 10.8 Å². The topological polar surface area (TPSA) is 99.6 Å². The molecule has 1 aliphatic heterocycles. The number of aldehydes is 1. The largest absolute Gasteiger partial charge is 0.405 e. The van der Waals surface area contributed by atoms with Crippen LogP contribution in [-0.2, 0) is 13.6 Å². The number of nitrogens with zero attached hydrogens (tertiary/aromatic N) is 1. The number of carbonyl (C=O) groups excluding carboxylic acids is 1. The molecule has 0 saturated carbocycles. The van der Waals surface area contributed by atoms with Crippen molar-refractivity contribution in [3.05, 3.63) is 154 Å². The maximum Gasteiger partial charge on any atom is 0.330 e. The number of rotatable bonds is 11. The summed E-state index contributed by atoms with van der Waals surface area (Å²) in [6.07, 6.45) is 0.0796. The summed E-state index contributed by atoms with van der Waals surface area (Å²) in [5.41, 5.74) is -1.54. The van der Waals surface area contributed by atoms with Gasteiger partial charge in [-0.05, 0) is 30.8 Å². The first kappa shape index (κ1) is 37.3. The molecule has 0 bridgehead atoms. The molecule has 0 radical (unpaired) electrons. The Morgan fingerprint density at radius 3 is 1.54 bits per heavy atom. The Kier molecular flexibility index (Phi) is 10.7. The second-order valence-electron chi connectivity index (χ2n) is 15.5. The van der Waals surface area contributed by atoms with Gasteiger partial charge in [-0.2, -0.15) is 0 Å². The second kappa shape index (κ2) is 14.9. The molecule has 5 aromatic rings. The predicted octanol–water partition coefficient (Wildman–Crippen LogP) is 5.16. The number of hydrogen-bond donors (Lipinski definition) is 1. The Hall–Kier alpha value is -4.46. The zero-order chi connectivity index (χ0) is 37.1. The molecule has 1 saturated heterocycles. The molecule has 6 rings (SSSR count). The number of nitrogens with one attached hydrogen (secondary N) is 1. The lowest BCUT2D eigenvalue weighted by molar-refractivity contribution is -0.0401. The van der Waals surface area contributed by atoms with Crippen molar-refractivity contribution in [2.75, 3.05) is 6.61 Å². The number of H-pyrrole nitrogens is 1. The molecule has 10 heteroatoms. The van der Waals surface area contributed by atoms with Gasteiger partial charge < -0.3 is 13.6 Å². The first-order valence-corrected chi connectivity index (χ1v) is 21.6. The molecule has 1 fully saturated rings. The van der Waals surface area contributed by atoms with Gasteiger partial charge in [-0.3, -0.25) is 19.1 Å². The predicted molar refractivity (Wildman–Crippen MR) is 211 cm³/mol. The monoisotopic (exact) mass is 732 g/mol. The van der Waals surface area contributed by atoms with E-state index in [-0.39, 0.29) is 22.2 Å². The fourth-order valence-electron chi connectivity index (χ4n) is 7.83. The SMILES string of the molecule is CC(C)(C)[Si](OC[C@H]1O[C@@H](n2cc(C=O)c(=O)[nH]c2=O)C[C@@H]1O[Si](c1ccccc1)(c1ccccc1)C(C)(C)C)(c1ccccc1)c1ccccc1. The molecule has 0 unspecified atom stereocenters. The van der Waals surface area contributed by atoms with E-state index in [0.717, 1.165) is 20.7 Å². The lowest BCUT2D eigenvalue weighted by Gasteiger charge is -2.46. The van der Waals surface area contributed by atoms with E-state index in [9.17, 15) is 14.4 Å². The van der Waals surface area contributed by atoms with Gasteiger partial charge in [0.25, 0.3) is 22.2 Å². The average Bonchev–Trinajstić information content (AvgIpc) is 3.53. The molecule has 52 heavy (non-hydrogen) atoms. The molecule has 1 N–H and O–H groups in total. The summed E-state index contributed by atoms with van der Waals surface area (Å²) in [4.78, 5) is 39.8. The van der Waals surface area contributed by atoms with Crippen LogP contribution in [0.2, 0.25) is 10.1 Å². The standard InChI is InChI=1S/C42H48N2O6Si2/c1-41(2,3)51(32-19-11-7-12-20-32,33-21-13-8-14-22-33)48-30-37-36(27-38(49-37)44-28-31(29-45)39(46)43-40(44)47)50-52(42(4,5)6,34-23-15-9-16-24-34)35-25-17-10-18-26-35/h7-26,28-29,36-38H,27,30H2,1-6H3,(H,43,46,47)/t36-,37+,38+/m0/s1. The number of aromatic nitrogens is 2. The average molecular weight is 733 g/mol. The fraction of sp³-hybridized carbons (Fsp3) is 0.310. The highest BCUT2D eigenvalue weighted by Gasteiger charge is 2.55. The molecule has 2 heterocycles. The Bertz CT molecular complexity index is 2000. The van der Waals surface area contributed by atoms with Crippen molar-refractivity contribution >= 4 is 43.7 Å². The summed E-state index contributed by atoms with van der Waals surface area (Å²) in [6.45, 7) is 13.6. The number of ether oxygens (including phenoxy) is 1. The quantitative estimate of drug-likeness (QED) is 0.149. The maximum absolute atomic E-state index is 13.3. The summed E-state index contributed by atoms with van der Waals surface area (Å²) in [5.74, 6) is 0. The summed E-state index contributed by atoms with van der Waals surface area (Å²) < 4.78 is 23.2. The third kappa shape index (κ3) is 6.89. The molecule has 1 aliphatic rings. The van der Waals surface area contributed by atoms with Crippen LogP contribution in [-0.4, -0.2) is 51.3 Å². The van der Waals surface area contributed by atoms with Gasteiger partial charge in [0.2, 0.25) is 0 Å². The van der Waals surface area contributed by atoms with Crippen LogP contribution in [0.25, 0.3) is 0 Å². The normalized spacial score (nSPS) is 18.3. The number of benzene rings is 4. The number of carbonyl (C=O) groups is 1. The molecule has 270 valence electrons. The van der Waals surface area contributed by atoms with Gasteiger partial charge in [0, 0.05) is 12.6 Å². The smallest absolute Gasteiger partial charge is 0.330 e. The molecular formula is C42H48N2O6Si2. The van der Waals surface area contributed by atoms with Gasteiger partial charge in [-0.15, -0.1) is 0 Å². The van der Waals surface area contributed by atoms with E-state index in [2.05, 4.69) is 119 Å². The molecule has 0 amide bonds. The fourth-order valence-corrected chi connectivity index (χ4v) is 17.1. The number of hydrogen-bond acceptors (Lipinski definition) is 6. The van der Waals surface area contributed by atoms with Crippen molar-refractivity contribution in [1.82, 2.24) is 9.55 Å². The Balaban J connectivity index is 1.50. The van der Waals surface area contributed by atoms with Crippen molar-refractivity contribution in [1.29, 1.82) is 0 Å². The van der Waals surface area contributed by atoms with E-state index in [1.807, 2.05) is 48.5 Å². The van der Waals surface area contributed by atoms with Crippen molar-refractivity contribution in [3.8, 4) is 0 Å². The van der Waals surface area contributed by atoms with Crippen molar-refractivity contribution in [2.24, 2.45) is 0 Å². The minimum Gasteiger partial charge on any atom is -0.405 e. The first-order chi connectivity index (χ1) is 24.8. The highest BCUT2D eigenvalue weighted by molar-refractivity contribution is 7.00. The zero-order valence-corrected chi connectivity index (χ0v) is 32.7. The minimum absolute atomic E-state index is 0.153. The van der Waals surface area contributed by atoms with Crippen LogP contribution < -0.4 is 32.0 Å².